The van der Waals surface area contributed by atoms with Crippen molar-refractivity contribution < 1.29 is 34.0 Å². The van der Waals surface area contributed by atoms with Crippen LogP contribution in [-0.2, 0) is 19.1 Å². The molecule has 1 aromatic carbocycles. The summed E-state index contributed by atoms with van der Waals surface area (Å²) >= 11 is 0. The Kier molecular flexibility index (Phi) is 5.78. The topological polar surface area (TPSA) is 106 Å². The van der Waals surface area contributed by atoms with Gasteiger partial charge in [0.1, 0.15) is 17.9 Å². The summed E-state index contributed by atoms with van der Waals surface area (Å²) in [4.78, 5) is 24.7. The van der Waals surface area contributed by atoms with E-state index in [4.69, 9.17) is 9.47 Å². The van der Waals surface area contributed by atoms with E-state index in [1.165, 1.54) is 19.1 Å². The first-order chi connectivity index (χ1) is 11.5. The maximum atomic E-state index is 12.3. The van der Waals surface area contributed by atoms with Gasteiger partial charge in [0.25, 0.3) is 5.91 Å². The monoisotopic (exact) mass is 337 g/mol. The first-order valence-electron chi connectivity index (χ1n) is 7.19. The van der Waals surface area contributed by atoms with Gasteiger partial charge in [0, 0.05) is 5.69 Å². The fourth-order valence-corrected chi connectivity index (χ4v) is 2.39. The van der Waals surface area contributed by atoms with Crippen molar-refractivity contribution in [1.29, 1.82) is 0 Å². The number of anilines is 1. The predicted octanol–water partition coefficient (Wildman–Crippen LogP) is -0.164. The van der Waals surface area contributed by atoms with Gasteiger partial charge in [0.15, 0.2) is 6.10 Å². The minimum absolute atomic E-state index is 0.396. The molecule has 0 saturated carbocycles. The molecular weight excluding hydrogens is 318 g/mol. The molecule has 3 atom stereocenters. The number of ether oxygens (including phenoxy) is 3. The Morgan fingerprint density at radius 2 is 2.00 bits per heavy atom. The van der Waals surface area contributed by atoms with Gasteiger partial charge in [0.2, 0.25) is 0 Å². The molecule has 0 bridgehead atoms. The fraction of sp³-hybridized carbons (Fsp3) is 0.375. The highest BCUT2D eigenvalue weighted by atomic mass is 16.5. The number of nitrogens with zero attached hydrogens (tertiary/aromatic N) is 1. The summed E-state index contributed by atoms with van der Waals surface area (Å²) in [7, 11) is 2.74. The highest BCUT2D eigenvalue weighted by molar-refractivity contribution is 6.05. The number of methoxy groups -OCH3 is 2. The number of carbonyl (C=O) groups is 2. The quantitative estimate of drug-likeness (QED) is 0.308. The largest absolute Gasteiger partial charge is 0.497 e. The smallest absolute Gasteiger partial charge is 0.333 e. The second-order valence-electron chi connectivity index (χ2n) is 5.03. The van der Waals surface area contributed by atoms with Crippen molar-refractivity contribution in [2.24, 2.45) is 0 Å². The second-order valence-corrected chi connectivity index (χ2v) is 5.03. The van der Waals surface area contributed by atoms with E-state index >= 15 is 0 Å². The molecule has 2 N–H and O–H groups in total. The number of benzene rings is 1. The summed E-state index contributed by atoms with van der Waals surface area (Å²) < 4.78 is 14.7. The Morgan fingerprint density at radius 3 is 2.54 bits per heavy atom. The first-order valence-corrected chi connectivity index (χ1v) is 7.19. The second kappa shape index (κ2) is 7.80. The molecule has 1 fully saturated rings. The van der Waals surface area contributed by atoms with Crippen LogP contribution in [0.2, 0.25) is 0 Å². The molecule has 1 saturated heterocycles. The normalized spacial score (nSPS) is 21.3. The van der Waals surface area contributed by atoms with E-state index in [2.05, 4.69) is 4.74 Å². The Hall–Kier alpha value is -2.58. The number of esters is 1. The lowest BCUT2D eigenvalue weighted by Gasteiger charge is -2.47. The lowest BCUT2D eigenvalue weighted by atomic mass is 9.91. The number of aliphatic hydroxyl groups excluding tert-OH is 2. The average molecular weight is 337 g/mol. The van der Waals surface area contributed by atoms with Crippen molar-refractivity contribution in [3.05, 3.63) is 36.6 Å². The molecule has 0 spiro atoms. The summed E-state index contributed by atoms with van der Waals surface area (Å²) in [6.07, 6.45) is -0.140. The van der Waals surface area contributed by atoms with Crippen LogP contribution in [0.5, 0.6) is 5.75 Å². The van der Waals surface area contributed by atoms with Crippen LogP contribution in [0.3, 0.4) is 0 Å². The van der Waals surface area contributed by atoms with E-state index in [0.29, 0.717) is 11.4 Å². The SMILES string of the molecule is COC(=O)/C=C/O[C@H]1C(=O)N(c2ccc(OC)cc2)[C@H]1[C@H](O)CO. The van der Waals surface area contributed by atoms with E-state index in [-0.39, 0.29) is 0 Å². The molecule has 1 aliphatic heterocycles. The van der Waals surface area contributed by atoms with Crippen molar-refractivity contribution in [2.45, 2.75) is 18.2 Å². The van der Waals surface area contributed by atoms with Crippen molar-refractivity contribution in [3.8, 4) is 5.75 Å². The molecule has 0 aromatic heterocycles. The van der Waals surface area contributed by atoms with Crippen LogP contribution >= 0.6 is 0 Å². The standard InChI is InChI=1S/C16H19NO7/c1-22-11-5-3-10(4-6-11)17-14(12(19)9-18)15(16(17)21)24-8-7-13(20)23-2/h3-8,12,14-15,18-19H,9H2,1-2H3/b8-7+/t12-,14+,15-/m1/s1. The van der Waals surface area contributed by atoms with Crippen molar-refractivity contribution >= 4 is 17.6 Å². The molecular formula is C16H19NO7. The van der Waals surface area contributed by atoms with Gasteiger partial charge in [-0.3, -0.25) is 9.69 Å². The van der Waals surface area contributed by atoms with E-state index in [1.807, 2.05) is 0 Å². The van der Waals surface area contributed by atoms with Gasteiger partial charge in [-0.15, -0.1) is 0 Å². The minimum Gasteiger partial charge on any atom is -0.497 e. The highest BCUT2D eigenvalue weighted by Crippen LogP contribution is 2.33. The summed E-state index contributed by atoms with van der Waals surface area (Å²) in [5.41, 5.74) is 0.537. The van der Waals surface area contributed by atoms with Gasteiger partial charge in [0.05, 0.1) is 33.2 Å². The summed E-state index contributed by atoms with van der Waals surface area (Å²) in [6.45, 7) is -0.537. The average Bonchev–Trinajstić information content (AvgIpc) is 2.62. The zero-order valence-electron chi connectivity index (χ0n) is 13.3. The number of rotatable bonds is 7. The van der Waals surface area contributed by atoms with Crippen LogP contribution in [0.1, 0.15) is 0 Å². The number of hydrogen-bond acceptors (Lipinski definition) is 7. The predicted molar refractivity (Wildman–Crippen MR) is 83.4 cm³/mol. The molecule has 130 valence electrons. The van der Waals surface area contributed by atoms with Crippen LogP contribution in [0.15, 0.2) is 36.6 Å². The molecule has 24 heavy (non-hydrogen) atoms. The zero-order valence-corrected chi connectivity index (χ0v) is 13.3. The maximum Gasteiger partial charge on any atom is 0.333 e. The van der Waals surface area contributed by atoms with Gasteiger partial charge >= 0.3 is 5.97 Å². The van der Waals surface area contributed by atoms with Crippen LogP contribution < -0.4 is 9.64 Å². The van der Waals surface area contributed by atoms with Gasteiger partial charge in [-0.1, -0.05) is 0 Å². The number of aliphatic hydroxyl groups is 2. The third kappa shape index (κ3) is 3.50. The van der Waals surface area contributed by atoms with Crippen LogP contribution in [0.25, 0.3) is 0 Å². The molecule has 0 unspecified atom stereocenters. The summed E-state index contributed by atoms with van der Waals surface area (Å²) in [5, 5.41) is 19.2. The highest BCUT2D eigenvalue weighted by Gasteiger charge is 2.53. The van der Waals surface area contributed by atoms with Gasteiger partial charge in [-0.05, 0) is 24.3 Å². The Morgan fingerprint density at radius 1 is 1.33 bits per heavy atom. The van der Waals surface area contributed by atoms with Gasteiger partial charge in [-0.2, -0.15) is 0 Å². The van der Waals surface area contributed by atoms with Gasteiger partial charge < -0.3 is 24.4 Å². The molecule has 1 aliphatic rings. The van der Waals surface area contributed by atoms with Crippen LogP contribution in [0.4, 0.5) is 5.69 Å². The van der Waals surface area contributed by atoms with E-state index in [1.54, 1.807) is 24.3 Å². The molecule has 1 heterocycles. The zero-order chi connectivity index (χ0) is 17.7. The number of hydrogen-bond donors (Lipinski definition) is 2. The molecule has 8 nitrogen and oxygen atoms in total. The minimum atomic E-state index is -1.19. The molecule has 0 aliphatic carbocycles. The third-order valence-electron chi connectivity index (χ3n) is 3.65. The van der Waals surface area contributed by atoms with Crippen LogP contribution in [-0.4, -0.2) is 61.2 Å². The first kappa shape index (κ1) is 17.8. The summed E-state index contributed by atoms with van der Waals surface area (Å²) in [5.74, 6) is -0.403. The number of β-lactam (4-membered cyclic amide) rings is 1. The Labute approximate surface area is 138 Å². The molecule has 0 radical (unpaired) electrons. The lowest BCUT2D eigenvalue weighted by molar-refractivity contribution is -0.143. The van der Waals surface area contributed by atoms with Crippen LogP contribution in [0, 0.1) is 0 Å². The maximum absolute atomic E-state index is 12.3. The van der Waals surface area contributed by atoms with E-state index in [9.17, 15) is 19.8 Å². The van der Waals surface area contributed by atoms with Crippen molar-refractivity contribution in [3.63, 3.8) is 0 Å². The summed E-state index contributed by atoms with van der Waals surface area (Å²) in [6, 6.07) is 5.90. The van der Waals surface area contributed by atoms with E-state index < -0.39 is 36.7 Å². The molecule has 8 heteroatoms. The lowest BCUT2D eigenvalue weighted by Crippen LogP contribution is -2.70. The molecule has 1 aromatic rings. The third-order valence-corrected chi connectivity index (χ3v) is 3.65. The van der Waals surface area contributed by atoms with Gasteiger partial charge in [-0.25, -0.2) is 4.79 Å². The fourth-order valence-electron chi connectivity index (χ4n) is 2.39. The number of carbonyl (C=O) groups excluding carboxylic acids is 2. The van der Waals surface area contributed by atoms with Crippen molar-refractivity contribution in [2.75, 3.05) is 25.7 Å². The number of amides is 1. The molecule has 2 rings (SSSR count). The van der Waals surface area contributed by atoms with Crippen molar-refractivity contribution in [1.82, 2.24) is 0 Å². The molecule has 1 amide bonds. The Balaban J connectivity index is 2.15. The van der Waals surface area contributed by atoms with E-state index in [0.717, 1.165) is 12.3 Å². The Bertz CT molecular complexity index is 613.